The molecule has 300 valence electrons. The first kappa shape index (κ1) is 40.4. The van der Waals surface area contributed by atoms with Crippen LogP contribution in [0.25, 0.3) is 0 Å². The van der Waals surface area contributed by atoms with Crippen molar-refractivity contribution in [3.05, 3.63) is 87.9 Å². The molecule has 17 heteroatoms. The molecular formula is C39H45ClF3N7O6. The van der Waals surface area contributed by atoms with Crippen molar-refractivity contribution in [3.8, 4) is 0 Å². The molecule has 3 N–H and O–H groups in total. The molecule has 0 radical (unpaired) electrons. The monoisotopic (exact) mass is 799 g/mol. The third-order valence-electron chi connectivity index (χ3n) is 10.3. The van der Waals surface area contributed by atoms with Crippen LogP contribution in [0.3, 0.4) is 0 Å². The number of likely N-dealkylation sites (N-methyl/N-ethyl adjacent to an activating group) is 1. The Labute approximate surface area is 328 Å². The van der Waals surface area contributed by atoms with Gasteiger partial charge in [0.1, 0.15) is 6.61 Å². The normalized spacial score (nSPS) is 17.0. The summed E-state index contributed by atoms with van der Waals surface area (Å²) in [4.78, 5) is 61.6. The molecule has 2 fully saturated rings. The van der Waals surface area contributed by atoms with Crippen molar-refractivity contribution < 1.29 is 41.8 Å². The van der Waals surface area contributed by atoms with Crippen molar-refractivity contribution in [2.75, 3.05) is 82.5 Å². The molecule has 0 saturated carbocycles. The second-order valence-corrected chi connectivity index (χ2v) is 14.8. The summed E-state index contributed by atoms with van der Waals surface area (Å²) in [6, 6.07) is 16.2. The number of piperidine rings is 1. The molecule has 4 amide bonds. The van der Waals surface area contributed by atoms with E-state index in [1.165, 1.54) is 15.9 Å². The van der Waals surface area contributed by atoms with Crippen LogP contribution in [0.1, 0.15) is 39.9 Å². The number of piperazine rings is 1. The van der Waals surface area contributed by atoms with Gasteiger partial charge in [0, 0.05) is 76.2 Å². The van der Waals surface area contributed by atoms with Gasteiger partial charge in [0.05, 0.1) is 21.8 Å². The Kier molecular flexibility index (Phi) is 12.5. The van der Waals surface area contributed by atoms with Crippen LogP contribution >= 0.6 is 11.6 Å². The van der Waals surface area contributed by atoms with Gasteiger partial charge < -0.3 is 45.0 Å². The average molecular weight is 800 g/mol. The summed E-state index contributed by atoms with van der Waals surface area (Å²) in [5, 5.41) is 2.58. The van der Waals surface area contributed by atoms with Gasteiger partial charge in [-0.25, -0.2) is 14.4 Å². The minimum absolute atomic E-state index is 0.0248. The lowest BCUT2D eigenvalue weighted by atomic mass is 10.0. The van der Waals surface area contributed by atoms with Gasteiger partial charge in [-0.3, -0.25) is 4.79 Å². The van der Waals surface area contributed by atoms with Gasteiger partial charge >= 0.3 is 24.3 Å². The summed E-state index contributed by atoms with van der Waals surface area (Å²) >= 11 is 6.11. The van der Waals surface area contributed by atoms with Crippen LogP contribution in [-0.2, 0) is 33.4 Å². The van der Waals surface area contributed by atoms with Crippen molar-refractivity contribution in [1.29, 1.82) is 0 Å². The number of urea groups is 1. The number of fused-ring (bicyclic) bond motifs is 1. The Morgan fingerprint density at radius 2 is 1.64 bits per heavy atom. The van der Waals surface area contributed by atoms with E-state index >= 15 is 0 Å². The van der Waals surface area contributed by atoms with Crippen molar-refractivity contribution >= 4 is 52.7 Å². The zero-order valence-corrected chi connectivity index (χ0v) is 31.9. The fraction of sp³-hybridized carbons (Fsp3) is 0.436. The number of esters is 1. The third-order valence-corrected chi connectivity index (χ3v) is 10.6. The lowest BCUT2D eigenvalue weighted by Crippen LogP contribution is -2.54. The number of halogens is 4. The van der Waals surface area contributed by atoms with E-state index in [0.29, 0.717) is 44.6 Å². The van der Waals surface area contributed by atoms with Gasteiger partial charge in [-0.1, -0.05) is 29.8 Å². The number of nitrogens with zero attached hydrogens (tertiary/aromatic N) is 5. The number of anilines is 3. The van der Waals surface area contributed by atoms with Crippen molar-refractivity contribution in [2.24, 2.45) is 0 Å². The van der Waals surface area contributed by atoms with Crippen molar-refractivity contribution in [1.82, 2.24) is 19.6 Å². The number of carbonyl (C=O) groups excluding carboxylic acids is 4. The Morgan fingerprint density at radius 3 is 2.30 bits per heavy atom. The Morgan fingerprint density at radius 1 is 0.964 bits per heavy atom. The van der Waals surface area contributed by atoms with Gasteiger partial charge in [-0.05, 0) is 80.5 Å². The molecule has 0 unspecified atom stereocenters. The highest BCUT2D eigenvalue weighted by molar-refractivity contribution is 6.33. The van der Waals surface area contributed by atoms with Gasteiger partial charge in [-0.15, -0.1) is 0 Å². The molecule has 3 heterocycles. The van der Waals surface area contributed by atoms with Crippen LogP contribution in [0.2, 0.25) is 5.02 Å². The number of carbonyl (C=O) groups is 4. The molecule has 0 bridgehead atoms. The molecule has 56 heavy (non-hydrogen) atoms. The van der Waals surface area contributed by atoms with Crippen LogP contribution in [0.4, 0.5) is 39.8 Å². The van der Waals surface area contributed by atoms with Crippen molar-refractivity contribution in [2.45, 2.75) is 44.1 Å². The summed E-state index contributed by atoms with van der Waals surface area (Å²) in [6.45, 7) is 3.09. The highest BCUT2D eigenvalue weighted by Gasteiger charge is 2.38. The molecule has 13 nitrogen and oxygen atoms in total. The van der Waals surface area contributed by atoms with Gasteiger partial charge in [0.2, 0.25) is 0 Å². The molecule has 3 aliphatic heterocycles. The number of hydrogen-bond acceptors (Lipinski definition) is 9. The van der Waals surface area contributed by atoms with Crippen LogP contribution in [0.5, 0.6) is 0 Å². The van der Waals surface area contributed by atoms with Crippen LogP contribution in [0, 0.1) is 0 Å². The molecule has 1 atom stereocenters. The third kappa shape index (κ3) is 9.59. The van der Waals surface area contributed by atoms with Crippen molar-refractivity contribution in [3.63, 3.8) is 0 Å². The number of nitrogens with two attached hydrogens (primary N) is 1. The molecule has 2 saturated heterocycles. The highest BCUT2D eigenvalue weighted by atomic mass is 35.5. The van der Waals surface area contributed by atoms with E-state index in [1.54, 1.807) is 29.2 Å². The maximum atomic E-state index is 14.1. The molecule has 3 aromatic rings. The van der Waals surface area contributed by atoms with E-state index in [-0.39, 0.29) is 61.9 Å². The number of para-hydroxylation sites is 1. The summed E-state index contributed by atoms with van der Waals surface area (Å²) in [5.41, 5.74) is 6.89. The fourth-order valence-corrected chi connectivity index (χ4v) is 7.34. The van der Waals surface area contributed by atoms with E-state index in [1.807, 2.05) is 48.2 Å². The largest absolute Gasteiger partial charge is 0.461 e. The number of rotatable bonds is 10. The van der Waals surface area contributed by atoms with Crippen LogP contribution in [-0.4, -0.2) is 122 Å². The summed E-state index contributed by atoms with van der Waals surface area (Å²) in [6.07, 6.45) is -6.50. The number of benzene rings is 3. The predicted molar refractivity (Wildman–Crippen MR) is 205 cm³/mol. The van der Waals surface area contributed by atoms with Gasteiger partial charge in [-0.2, -0.15) is 13.2 Å². The Bertz CT molecular complexity index is 1920. The zero-order valence-electron chi connectivity index (χ0n) is 31.2. The van der Waals surface area contributed by atoms with E-state index in [2.05, 4.69) is 5.32 Å². The van der Waals surface area contributed by atoms with E-state index < -0.39 is 41.5 Å². The summed E-state index contributed by atoms with van der Waals surface area (Å²) < 4.78 is 52.7. The summed E-state index contributed by atoms with van der Waals surface area (Å²) in [7, 11) is 3.77. The molecule has 3 aromatic carbocycles. The SMILES string of the molecule is CN(C)CCOC(=O)c1ccc(N2CCN(C(=O)[C@@H](Cc3cc(Cl)c(N)c(C(F)(F)F)c3)OC(=O)N3CCC(N4Cc5ccccc5NC4=O)CC3)CC2)cc1. The van der Waals surface area contributed by atoms with E-state index in [0.717, 1.165) is 23.0 Å². The highest BCUT2D eigenvalue weighted by Crippen LogP contribution is 2.38. The van der Waals surface area contributed by atoms with E-state index in [4.69, 9.17) is 26.8 Å². The first-order chi connectivity index (χ1) is 26.7. The first-order valence-corrected chi connectivity index (χ1v) is 18.8. The summed E-state index contributed by atoms with van der Waals surface area (Å²) in [5.74, 6) is -0.988. The number of amides is 4. The number of alkyl halides is 3. The number of likely N-dealkylation sites (tertiary alicyclic amines) is 1. The maximum absolute atomic E-state index is 14.1. The maximum Gasteiger partial charge on any atom is 0.418 e. The topological polar surface area (TPSA) is 141 Å². The van der Waals surface area contributed by atoms with E-state index in [9.17, 15) is 32.3 Å². The zero-order chi connectivity index (χ0) is 40.1. The molecule has 0 aromatic heterocycles. The van der Waals surface area contributed by atoms with Gasteiger partial charge in [0.25, 0.3) is 5.91 Å². The second-order valence-electron chi connectivity index (χ2n) is 14.3. The number of hydrogen-bond donors (Lipinski definition) is 2. The minimum atomic E-state index is -4.81. The minimum Gasteiger partial charge on any atom is -0.461 e. The number of nitrogen functional groups attached to an aromatic ring is 1. The first-order valence-electron chi connectivity index (χ1n) is 18.4. The Balaban J connectivity index is 1.11. The Hall–Kier alpha value is -5.22. The predicted octanol–water partition coefficient (Wildman–Crippen LogP) is 5.57. The van der Waals surface area contributed by atoms with Crippen LogP contribution < -0.4 is 16.0 Å². The standard InChI is InChI=1S/C39H45ClF3N7O6/c1-46(2)19-20-55-36(52)26-7-9-28(10-8-26)47-15-17-48(18-16-47)35(51)33(23-25-21-30(39(41,42)43)34(44)31(40)22-25)56-38(54)49-13-11-29(12-14-49)50-24-27-5-3-4-6-32(27)45-37(50)53/h3-10,21-22,29,33H,11-20,23-24,44H2,1-2H3,(H,45,53)/t33-/m1/s1. The molecule has 0 aliphatic carbocycles. The quantitative estimate of drug-likeness (QED) is 0.199. The molecule has 0 spiro atoms. The van der Waals surface area contributed by atoms with Crippen LogP contribution in [0.15, 0.2) is 60.7 Å². The molecule has 3 aliphatic rings. The average Bonchev–Trinajstić information content (AvgIpc) is 3.18. The molecule has 6 rings (SSSR count). The van der Waals surface area contributed by atoms with Gasteiger partial charge in [0.15, 0.2) is 6.10 Å². The number of nitrogens with one attached hydrogen (secondary N) is 1. The molecular weight excluding hydrogens is 755 g/mol. The smallest absolute Gasteiger partial charge is 0.418 e. The number of ether oxygens (including phenoxy) is 2. The fourth-order valence-electron chi connectivity index (χ4n) is 7.09. The lowest BCUT2D eigenvalue weighted by Gasteiger charge is -2.40. The lowest BCUT2D eigenvalue weighted by molar-refractivity contribution is -0.141. The second kappa shape index (κ2) is 17.3.